The molecule has 0 bridgehead atoms. The van der Waals surface area contributed by atoms with Gasteiger partial charge in [0.25, 0.3) is 0 Å². The Bertz CT molecular complexity index is 485. The van der Waals surface area contributed by atoms with Gasteiger partial charge in [0.05, 0.1) is 0 Å². The lowest BCUT2D eigenvalue weighted by molar-refractivity contribution is 0.0993. The van der Waals surface area contributed by atoms with Gasteiger partial charge in [0.1, 0.15) is 0 Å². The lowest BCUT2D eigenvalue weighted by atomic mass is 10.1. The van der Waals surface area contributed by atoms with Crippen molar-refractivity contribution in [1.29, 1.82) is 0 Å². The number of ketones is 1. The van der Waals surface area contributed by atoms with Crippen molar-refractivity contribution in [3.63, 3.8) is 0 Å². The second-order valence-corrected chi connectivity index (χ2v) is 6.00. The van der Waals surface area contributed by atoms with Crippen LogP contribution in [0.1, 0.15) is 15.9 Å². The Morgan fingerprint density at radius 2 is 1.88 bits per heavy atom. The van der Waals surface area contributed by atoms with Gasteiger partial charge in [-0.3, -0.25) is 4.79 Å². The third-order valence-corrected chi connectivity index (χ3v) is 3.78. The van der Waals surface area contributed by atoms with Crippen LogP contribution in [0, 0.1) is 0 Å². The SMILES string of the molecule is O=C(Cc1ccsc1)c1cc(Br)cc(Br)c1. The third-order valence-electron chi connectivity index (χ3n) is 2.13. The fourth-order valence-corrected chi connectivity index (χ4v) is 3.36. The Balaban J connectivity index is 2.21. The molecule has 0 saturated heterocycles. The van der Waals surface area contributed by atoms with Gasteiger partial charge in [-0.2, -0.15) is 11.3 Å². The van der Waals surface area contributed by atoms with Gasteiger partial charge in [-0.25, -0.2) is 0 Å². The summed E-state index contributed by atoms with van der Waals surface area (Å²) in [4.78, 5) is 12.0. The van der Waals surface area contributed by atoms with Gasteiger partial charge in [-0.05, 0) is 40.6 Å². The highest BCUT2D eigenvalue weighted by molar-refractivity contribution is 9.11. The highest BCUT2D eigenvalue weighted by Gasteiger charge is 2.08. The van der Waals surface area contributed by atoms with E-state index in [2.05, 4.69) is 31.9 Å². The van der Waals surface area contributed by atoms with Crippen LogP contribution in [0.2, 0.25) is 0 Å². The zero-order valence-corrected chi connectivity index (χ0v) is 12.2. The van der Waals surface area contributed by atoms with E-state index >= 15 is 0 Å². The minimum absolute atomic E-state index is 0.139. The van der Waals surface area contributed by atoms with Crippen LogP contribution in [-0.2, 0) is 6.42 Å². The standard InChI is InChI=1S/C12H8Br2OS/c13-10-4-9(5-11(14)6-10)12(15)3-8-1-2-16-7-8/h1-2,4-7H,3H2. The number of rotatable bonds is 3. The summed E-state index contributed by atoms with van der Waals surface area (Å²) < 4.78 is 1.83. The van der Waals surface area contributed by atoms with Crippen LogP contribution in [0.15, 0.2) is 44.0 Å². The number of Topliss-reactive ketones (excluding diaryl/α,β-unsaturated/α-hetero) is 1. The zero-order valence-electron chi connectivity index (χ0n) is 8.24. The number of carbonyl (C=O) groups excluding carboxylic acids is 1. The first-order valence-corrected chi connectivity index (χ1v) is 7.18. The van der Waals surface area contributed by atoms with Crippen molar-refractivity contribution in [3.05, 3.63) is 55.1 Å². The van der Waals surface area contributed by atoms with Crippen molar-refractivity contribution >= 4 is 49.0 Å². The molecule has 0 radical (unpaired) electrons. The molecule has 0 unspecified atom stereocenters. The maximum Gasteiger partial charge on any atom is 0.167 e. The van der Waals surface area contributed by atoms with Crippen molar-refractivity contribution in [1.82, 2.24) is 0 Å². The summed E-state index contributed by atoms with van der Waals surface area (Å²) >= 11 is 8.37. The van der Waals surface area contributed by atoms with Crippen LogP contribution >= 0.6 is 43.2 Å². The lowest BCUT2D eigenvalue weighted by Gasteiger charge is -2.01. The van der Waals surface area contributed by atoms with Crippen LogP contribution < -0.4 is 0 Å². The van der Waals surface area contributed by atoms with Crippen LogP contribution in [0.5, 0.6) is 0 Å². The van der Waals surface area contributed by atoms with E-state index in [0.29, 0.717) is 6.42 Å². The predicted molar refractivity (Wildman–Crippen MR) is 74.2 cm³/mol. The summed E-state index contributed by atoms with van der Waals surface area (Å²) in [6.45, 7) is 0. The molecule has 2 rings (SSSR count). The Morgan fingerprint density at radius 3 is 2.44 bits per heavy atom. The molecule has 4 heteroatoms. The molecule has 1 heterocycles. The molecule has 0 spiro atoms. The van der Waals surface area contributed by atoms with Crippen LogP contribution in [0.3, 0.4) is 0 Å². The molecular weight excluding hydrogens is 352 g/mol. The molecule has 82 valence electrons. The maximum absolute atomic E-state index is 12.0. The first-order valence-electron chi connectivity index (χ1n) is 4.65. The quantitative estimate of drug-likeness (QED) is 0.726. The normalized spacial score (nSPS) is 10.4. The molecule has 0 N–H and O–H groups in total. The topological polar surface area (TPSA) is 17.1 Å². The average molecular weight is 360 g/mol. The van der Waals surface area contributed by atoms with Crippen molar-refractivity contribution in [2.45, 2.75) is 6.42 Å². The summed E-state index contributed by atoms with van der Waals surface area (Å²) in [5.74, 6) is 0.139. The minimum atomic E-state index is 0.139. The van der Waals surface area contributed by atoms with E-state index in [1.165, 1.54) is 0 Å². The molecule has 1 nitrogen and oxygen atoms in total. The van der Waals surface area contributed by atoms with Crippen molar-refractivity contribution in [3.8, 4) is 0 Å². The van der Waals surface area contributed by atoms with E-state index in [9.17, 15) is 4.79 Å². The van der Waals surface area contributed by atoms with Gasteiger partial charge in [-0.15, -0.1) is 0 Å². The summed E-state index contributed by atoms with van der Waals surface area (Å²) in [7, 11) is 0. The van der Waals surface area contributed by atoms with E-state index in [4.69, 9.17) is 0 Å². The van der Waals surface area contributed by atoms with Gasteiger partial charge in [-0.1, -0.05) is 31.9 Å². The maximum atomic E-state index is 12.0. The minimum Gasteiger partial charge on any atom is -0.294 e. The predicted octanol–water partition coefficient (Wildman–Crippen LogP) is 4.70. The molecular formula is C12H8Br2OS. The fourth-order valence-electron chi connectivity index (χ4n) is 1.40. The van der Waals surface area contributed by atoms with E-state index in [1.807, 2.05) is 35.0 Å². The zero-order chi connectivity index (χ0) is 11.5. The van der Waals surface area contributed by atoms with Gasteiger partial charge in [0.2, 0.25) is 0 Å². The molecule has 2 aromatic rings. The highest BCUT2D eigenvalue weighted by atomic mass is 79.9. The summed E-state index contributed by atoms with van der Waals surface area (Å²) in [5.41, 5.74) is 1.80. The molecule has 1 aromatic heterocycles. The Labute approximate surface area is 115 Å². The van der Waals surface area contributed by atoms with Gasteiger partial charge in [0.15, 0.2) is 5.78 Å². The van der Waals surface area contributed by atoms with Crippen molar-refractivity contribution in [2.24, 2.45) is 0 Å². The number of thiophene rings is 1. The lowest BCUT2D eigenvalue weighted by Crippen LogP contribution is -2.02. The average Bonchev–Trinajstić information content (AvgIpc) is 2.68. The fraction of sp³-hybridized carbons (Fsp3) is 0.0833. The number of hydrogen-bond acceptors (Lipinski definition) is 2. The Morgan fingerprint density at radius 1 is 1.19 bits per heavy atom. The molecule has 0 aliphatic rings. The summed E-state index contributed by atoms with van der Waals surface area (Å²) in [5, 5.41) is 3.99. The van der Waals surface area contributed by atoms with Crippen molar-refractivity contribution < 1.29 is 4.79 Å². The number of hydrogen-bond donors (Lipinski definition) is 0. The Kier molecular flexibility index (Phi) is 3.95. The first-order chi connectivity index (χ1) is 7.65. The molecule has 0 atom stereocenters. The molecule has 0 aliphatic carbocycles. The number of halogens is 2. The molecule has 0 aliphatic heterocycles. The van der Waals surface area contributed by atoms with Gasteiger partial charge in [0, 0.05) is 20.9 Å². The smallest absolute Gasteiger partial charge is 0.167 e. The van der Waals surface area contributed by atoms with Crippen molar-refractivity contribution in [2.75, 3.05) is 0 Å². The van der Waals surface area contributed by atoms with Crippen LogP contribution in [-0.4, -0.2) is 5.78 Å². The summed E-state index contributed by atoms with van der Waals surface area (Å²) in [6, 6.07) is 7.59. The van der Waals surface area contributed by atoms with E-state index in [-0.39, 0.29) is 5.78 Å². The molecule has 16 heavy (non-hydrogen) atoms. The molecule has 1 aromatic carbocycles. The largest absolute Gasteiger partial charge is 0.294 e. The van der Waals surface area contributed by atoms with E-state index in [1.54, 1.807) is 11.3 Å². The highest BCUT2D eigenvalue weighted by Crippen LogP contribution is 2.21. The molecule has 0 saturated carbocycles. The van der Waals surface area contributed by atoms with Gasteiger partial charge >= 0.3 is 0 Å². The van der Waals surface area contributed by atoms with E-state index < -0.39 is 0 Å². The molecule has 0 amide bonds. The number of carbonyl (C=O) groups is 1. The van der Waals surface area contributed by atoms with Gasteiger partial charge < -0.3 is 0 Å². The molecule has 0 fully saturated rings. The summed E-state index contributed by atoms with van der Waals surface area (Å²) in [6.07, 6.45) is 0.465. The number of benzene rings is 1. The van der Waals surface area contributed by atoms with E-state index in [0.717, 1.165) is 20.1 Å². The third kappa shape index (κ3) is 3.03. The second-order valence-electron chi connectivity index (χ2n) is 3.39. The van der Waals surface area contributed by atoms with Crippen LogP contribution in [0.25, 0.3) is 0 Å². The Hall–Kier alpha value is -0.450. The first kappa shape index (κ1) is 12.0. The monoisotopic (exact) mass is 358 g/mol. The van der Waals surface area contributed by atoms with Crippen LogP contribution in [0.4, 0.5) is 0 Å². The second kappa shape index (κ2) is 5.25.